The lowest BCUT2D eigenvalue weighted by Crippen LogP contribution is -2.15. The van der Waals surface area contributed by atoms with Crippen molar-refractivity contribution in [3.8, 4) is 0 Å². The highest BCUT2D eigenvalue weighted by Gasteiger charge is 2.11. The normalized spacial score (nSPS) is 10.1. The third kappa shape index (κ3) is 5.34. The number of ketones is 1. The van der Waals surface area contributed by atoms with E-state index >= 15 is 0 Å². The van der Waals surface area contributed by atoms with Crippen molar-refractivity contribution in [2.24, 2.45) is 0 Å². The van der Waals surface area contributed by atoms with Crippen LogP contribution in [0, 0.1) is 0 Å². The summed E-state index contributed by atoms with van der Waals surface area (Å²) in [7, 11) is 0. The van der Waals surface area contributed by atoms with Gasteiger partial charge in [0.05, 0.1) is 6.42 Å². The van der Waals surface area contributed by atoms with E-state index in [-0.39, 0.29) is 24.7 Å². The van der Waals surface area contributed by atoms with E-state index in [0.717, 1.165) is 5.56 Å². The average molecular weight is 331 g/mol. The topological polar surface area (TPSA) is 72.5 Å². The number of carbonyl (C=O) groups is 3. The molecule has 2 rings (SSSR count). The van der Waals surface area contributed by atoms with Crippen molar-refractivity contribution < 1.29 is 19.1 Å². The van der Waals surface area contributed by atoms with Gasteiger partial charge in [-0.15, -0.1) is 0 Å². The van der Waals surface area contributed by atoms with Crippen LogP contribution in [-0.4, -0.2) is 24.3 Å². The van der Waals surface area contributed by atoms with Gasteiger partial charge in [0, 0.05) is 17.7 Å². The van der Waals surface area contributed by atoms with E-state index in [1.54, 1.807) is 31.2 Å². The lowest BCUT2D eigenvalue weighted by atomic mass is 10.1. The van der Waals surface area contributed by atoms with Gasteiger partial charge in [-0.1, -0.05) is 6.92 Å². The first-order chi connectivity index (χ1) is 11.1. The number of benzene rings is 1. The van der Waals surface area contributed by atoms with Gasteiger partial charge in [-0.05, 0) is 46.7 Å². The average Bonchev–Trinajstić information content (AvgIpc) is 3.06. The first kappa shape index (κ1) is 16.9. The molecule has 0 aliphatic carbocycles. The molecule has 0 aliphatic heterocycles. The number of rotatable bonds is 7. The smallest absolute Gasteiger partial charge is 0.310 e. The molecular formula is C17H17NO4S. The fourth-order valence-corrected chi connectivity index (χ4v) is 2.50. The number of esters is 1. The zero-order chi connectivity index (χ0) is 16.7. The Balaban J connectivity index is 1.83. The van der Waals surface area contributed by atoms with Gasteiger partial charge in [0.15, 0.2) is 12.4 Å². The first-order valence-corrected chi connectivity index (χ1v) is 8.12. The largest absolute Gasteiger partial charge is 0.457 e. The number of carbonyl (C=O) groups excluding carboxylic acids is 3. The predicted octanol–water partition coefficient (Wildman–Crippen LogP) is 3.07. The molecule has 0 atom stereocenters. The SMILES string of the molecule is CCC(=O)Nc1ccc(C(=O)COC(=O)Cc2ccsc2)cc1. The van der Waals surface area contributed by atoms with Crippen molar-refractivity contribution in [2.45, 2.75) is 19.8 Å². The molecule has 0 radical (unpaired) electrons. The van der Waals surface area contributed by atoms with Crippen LogP contribution in [-0.2, 0) is 20.7 Å². The van der Waals surface area contributed by atoms with Crippen LogP contribution in [0.15, 0.2) is 41.1 Å². The second kappa shape index (κ2) is 8.24. The molecule has 23 heavy (non-hydrogen) atoms. The van der Waals surface area contributed by atoms with Gasteiger partial charge >= 0.3 is 5.97 Å². The van der Waals surface area contributed by atoms with Gasteiger partial charge in [0.25, 0.3) is 0 Å². The number of thiophene rings is 1. The minimum atomic E-state index is -0.427. The van der Waals surface area contributed by atoms with Crippen molar-refractivity contribution in [3.63, 3.8) is 0 Å². The Bertz CT molecular complexity index is 677. The number of Topliss-reactive ketones (excluding diaryl/α,β-unsaturated/α-hetero) is 1. The highest BCUT2D eigenvalue weighted by molar-refractivity contribution is 7.07. The van der Waals surface area contributed by atoms with E-state index in [9.17, 15) is 14.4 Å². The number of hydrogen-bond donors (Lipinski definition) is 1. The molecule has 0 unspecified atom stereocenters. The van der Waals surface area contributed by atoms with Gasteiger partial charge in [0.1, 0.15) is 0 Å². The van der Waals surface area contributed by atoms with Crippen LogP contribution in [0.5, 0.6) is 0 Å². The standard InChI is InChI=1S/C17H17NO4S/c1-2-16(20)18-14-5-3-13(4-6-14)15(19)10-22-17(21)9-12-7-8-23-11-12/h3-8,11H,2,9-10H2,1H3,(H,18,20). The minimum absolute atomic E-state index is 0.0913. The molecule has 1 amide bonds. The van der Waals surface area contributed by atoms with Crippen molar-refractivity contribution >= 4 is 34.7 Å². The third-order valence-corrected chi connectivity index (χ3v) is 3.84. The lowest BCUT2D eigenvalue weighted by molar-refractivity contribution is -0.141. The molecule has 1 N–H and O–H groups in total. The fraction of sp³-hybridized carbons (Fsp3) is 0.235. The summed E-state index contributed by atoms with van der Waals surface area (Å²) in [5, 5.41) is 6.45. The van der Waals surface area contributed by atoms with Gasteiger partial charge < -0.3 is 10.1 Å². The maximum absolute atomic E-state index is 12.0. The summed E-state index contributed by atoms with van der Waals surface area (Å²) in [5.74, 6) is -0.799. The Hall–Kier alpha value is -2.47. The zero-order valence-electron chi connectivity index (χ0n) is 12.7. The molecule has 1 aromatic carbocycles. The van der Waals surface area contributed by atoms with Crippen molar-refractivity contribution in [1.82, 2.24) is 0 Å². The van der Waals surface area contributed by atoms with Crippen LogP contribution in [0.4, 0.5) is 5.69 Å². The molecule has 0 saturated carbocycles. The van der Waals surface area contributed by atoms with Crippen molar-refractivity contribution in [2.75, 3.05) is 11.9 Å². The molecule has 0 spiro atoms. The number of amides is 1. The van der Waals surface area contributed by atoms with Crippen molar-refractivity contribution in [3.05, 3.63) is 52.2 Å². The lowest BCUT2D eigenvalue weighted by Gasteiger charge is -2.06. The summed E-state index contributed by atoms with van der Waals surface area (Å²) in [6, 6.07) is 8.33. The Morgan fingerprint density at radius 3 is 2.48 bits per heavy atom. The molecular weight excluding hydrogens is 314 g/mol. The second-order valence-corrected chi connectivity index (χ2v) is 5.65. The fourth-order valence-electron chi connectivity index (χ4n) is 1.83. The minimum Gasteiger partial charge on any atom is -0.457 e. The summed E-state index contributed by atoms with van der Waals surface area (Å²) in [4.78, 5) is 34.9. The zero-order valence-corrected chi connectivity index (χ0v) is 13.5. The van der Waals surface area contributed by atoms with Crippen LogP contribution in [0.2, 0.25) is 0 Å². The predicted molar refractivity (Wildman–Crippen MR) is 88.7 cm³/mol. The summed E-state index contributed by atoms with van der Waals surface area (Å²) in [5.41, 5.74) is 1.94. The van der Waals surface area contributed by atoms with Crippen LogP contribution in [0.1, 0.15) is 29.3 Å². The van der Waals surface area contributed by atoms with Crippen LogP contribution < -0.4 is 5.32 Å². The molecule has 2 aromatic rings. The van der Waals surface area contributed by atoms with E-state index in [1.165, 1.54) is 11.3 Å². The molecule has 0 saturated heterocycles. The first-order valence-electron chi connectivity index (χ1n) is 7.18. The molecule has 1 heterocycles. The van der Waals surface area contributed by atoms with Gasteiger partial charge in [0.2, 0.25) is 5.91 Å². The summed E-state index contributed by atoms with van der Waals surface area (Å²) < 4.78 is 4.99. The molecule has 0 bridgehead atoms. The van der Waals surface area contributed by atoms with Crippen LogP contribution in [0.3, 0.4) is 0 Å². The molecule has 1 aromatic heterocycles. The second-order valence-electron chi connectivity index (χ2n) is 4.87. The quantitative estimate of drug-likeness (QED) is 0.625. The molecule has 5 nitrogen and oxygen atoms in total. The Morgan fingerprint density at radius 2 is 1.87 bits per heavy atom. The van der Waals surface area contributed by atoms with E-state index in [4.69, 9.17) is 4.74 Å². The Labute approximate surface area is 138 Å². The molecule has 0 fully saturated rings. The Kier molecular flexibility index (Phi) is 6.05. The number of ether oxygens (including phenoxy) is 1. The van der Waals surface area contributed by atoms with Crippen LogP contribution >= 0.6 is 11.3 Å². The van der Waals surface area contributed by atoms with Gasteiger partial charge in [-0.25, -0.2) is 0 Å². The van der Waals surface area contributed by atoms with Crippen molar-refractivity contribution in [1.29, 1.82) is 0 Å². The molecule has 120 valence electrons. The summed E-state index contributed by atoms with van der Waals surface area (Å²) in [6.07, 6.45) is 0.555. The maximum atomic E-state index is 12.0. The van der Waals surface area contributed by atoms with Gasteiger partial charge in [-0.3, -0.25) is 14.4 Å². The maximum Gasteiger partial charge on any atom is 0.310 e. The number of anilines is 1. The van der Waals surface area contributed by atoms with E-state index < -0.39 is 5.97 Å². The third-order valence-electron chi connectivity index (χ3n) is 3.10. The molecule has 6 heteroatoms. The van der Waals surface area contributed by atoms with Crippen LogP contribution in [0.25, 0.3) is 0 Å². The van der Waals surface area contributed by atoms with Gasteiger partial charge in [-0.2, -0.15) is 11.3 Å². The summed E-state index contributed by atoms with van der Waals surface area (Å²) >= 11 is 1.51. The Morgan fingerprint density at radius 1 is 1.13 bits per heavy atom. The van der Waals surface area contributed by atoms with E-state index in [2.05, 4.69) is 5.32 Å². The van der Waals surface area contributed by atoms with E-state index in [1.807, 2.05) is 16.8 Å². The number of hydrogen-bond acceptors (Lipinski definition) is 5. The number of nitrogens with one attached hydrogen (secondary N) is 1. The monoisotopic (exact) mass is 331 g/mol. The highest BCUT2D eigenvalue weighted by Crippen LogP contribution is 2.11. The molecule has 0 aliphatic rings. The van der Waals surface area contributed by atoms with E-state index in [0.29, 0.717) is 17.7 Å². The highest BCUT2D eigenvalue weighted by atomic mass is 32.1. The summed E-state index contributed by atoms with van der Waals surface area (Å²) in [6.45, 7) is 1.47.